The van der Waals surface area contributed by atoms with Gasteiger partial charge in [-0.25, -0.2) is 0 Å². The molecule has 0 bridgehead atoms. The van der Waals surface area contributed by atoms with E-state index in [-0.39, 0.29) is 17.9 Å². The molecule has 8 nitrogen and oxygen atoms in total. The Morgan fingerprint density at radius 3 is 2.88 bits per heavy atom. The van der Waals surface area contributed by atoms with Gasteiger partial charge in [0, 0.05) is 0 Å². The van der Waals surface area contributed by atoms with Crippen LogP contribution in [0.1, 0.15) is 37.3 Å². The number of halogens is 1. The fourth-order valence-corrected chi connectivity index (χ4v) is 8.66. The average molecular weight is 585 g/mol. The van der Waals surface area contributed by atoms with Gasteiger partial charge in [-0.1, -0.05) is 0 Å². The van der Waals surface area contributed by atoms with Crippen LogP contribution >= 0.6 is 0 Å². The molecule has 1 N–H and O–H groups in total. The van der Waals surface area contributed by atoms with E-state index in [0.29, 0.717) is 16.1 Å². The van der Waals surface area contributed by atoms with E-state index in [1.54, 1.807) is 20.5 Å². The summed E-state index contributed by atoms with van der Waals surface area (Å²) in [5.74, 6) is 0.837. The number of carbonyl (C=O) groups is 1. The molecule has 188 valence electrons. The third-order valence-electron chi connectivity index (χ3n) is 8.08. The van der Waals surface area contributed by atoms with Gasteiger partial charge >= 0.3 is 212 Å². The molecule has 1 aromatic rings. The van der Waals surface area contributed by atoms with Gasteiger partial charge in [0.15, 0.2) is 0 Å². The number of alkyl halides is 1. The van der Waals surface area contributed by atoms with Gasteiger partial charge in [-0.15, -0.1) is 0 Å². The van der Waals surface area contributed by atoms with E-state index in [1.165, 1.54) is 7.11 Å². The van der Waals surface area contributed by atoms with Crippen molar-refractivity contribution in [3.63, 3.8) is 0 Å². The summed E-state index contributed by atoms with van der Waals surface area (Å²) in [6, 6.07) is 4.27. The number of benzene rings is 1. The zero-order valence-electron chi connectivity index (χ0n) is 20.5. The summed E-state index contributed by atoms with van der Waals surface area (Å²) in [5, 5.41) is 3.82. The number of nitrogens with one attached hydrogen (secondary N) is 1. The number of piperidine rings is 2. The van der Waals surface area contributed by atoms with Crippen LogP contribution in [0.5, 0.6) is 5.75 Å². The minimum absolute atomic E-state index is 0.00157. The summed E-state index contributed by atoms with van der Waals surface area (Å²) >= 11 is -0.591. The van der Waals surface area contributed by atoms with E-state index in [2.05, 4.69) is 36.2 Å². The van der Waals surface area contributed by atoms with Crippen molar-refractivity contribution in [1.82, 2.24) is 4.90 Å². The quantitative estimate of drug-likeness (QED) is 0.172. The zero-order valence-corrected chi connectivity index (χ0v) is 22.6. The number of nitrogens with zero attached hydrogens (tertiary/aromatic N) is 1. The van der Waals surface area contributed by atoms with E-state index < -0.39 is 32.9 Å². The van der Waals surface area contributed by atoms with Crippen molar-refractivity contribution in [2.45, 2.75) is 50.5 Å². The maximum atomic E-state index is 12.8. The zero-order chi connectivity index (χ0) is 24.1. The summed E-state index contributed by atoms with van der Waals surface area (Å²) in [6.45, 7) is 6.05. The molecule has 0 aliphatic carbocycles. The molecule has 4 aliphatic rings. The van der Waals surface area contributed by atoms with E-state index in [4.69, 9.17) is 22.0 Å². The summed E-state index contributed by atoms with van der Waals surface area (Å²) in [6.07, 6.45) is 4.11. The van der Waals surface area contributed by atoms with Gasteiger partial charge in [0.1, 0.15) is 0 Å². The topological polar surface area (TPSA) is 78.5 Å². The number of aryl methyl sites for hydroxylation is 1. The Bertz CT molecular complexity index is 1000. The van der Waals surface area contributed by atoms with Crippen molar-refractivity contribution in [3.8, 4) is 5.75 Å². The van der Waals surface area contributed by atoms with Crippen molar-refractivity contribution >= 4 is 11.7 Å². The van der Waals surface area contributed by atoms with Crippen LogP contribution in [0.25, 0.3) is 0 Å². The molecule has 5 rings (SSSR count). The number of hydrogen-bond acceptors (Lipinski definition) is 8. The summed E-state index contributed by atoms with van der Waals surface area (Å²) in [4.78, 5) is 15.3. The average Bonchev–Trinajstić information content (AvgIpc) is 3.16. The first-order valence-electron chi connectivity index (χ1n) is 11.9. The van der Waals surface area contributed by atoms with Crippen LogP contribution in [-0.2, 0) is 27.7 Å². The van der Waals surface area contributed by atoms with Crippen LogP contribution < -0.4 is 31.7 Å². The van der Waals surface area contributed by atoms with E-state index in [1.807, 2.05) is 0 Å². The molecule has 0 radical (unpaired) electrons. The first-order valence-corrected chi connectivity index (χ1v) is 14.3. The van der Waals surface area contributed by atoms with Gasteiger partial charge in [-0.3, -0.25) is 0 Å². The van der Waals surface area contributed by atoms with Crippen molar-refractivity contribution in [1.29, 1.82) is 0 Å². The first-order chi connectivity index (χ1) is 16.4. The second kappa shape index (κ2) is 9.15. The number of hydrogen-bond donors (Lipinski definition) is 1. The number of methoxy groups -OCH3 is 3. The maximum absolute atomic E-state index is 12.8. The van der Waals surface area contributed by atoms with E-state index in [0.717, 1.165) is 54.9 Å². The summed E-state index contributed by atoms with van der Waals surface area (Å²) in [5.41, 5.74) is 2.48. The molecule has 34 heavy (non-hydrogen) atoms. The molecule has 4 aliphatic heterocycles. The predicted molar refractivity (Wildman–Crippen MR) is 122 cm³/mol. The normalized spacial score (nSPS) is 35.0. The molecule has 0 aromatic heterocycles. The number of anilines is 1. The molecule has 0 spiro atoms. The molecule has 3 fully saturated rings. The molecule has 5 atom stereocenters. The van der Waals surface area contributed by atoms with Crippen molar-refractivity contribution in [2.75, 3.05) is 44.3 Å². The molecule has 4 heterocycles. The Labute approximate surface area is 212 Å². The summed E-state index contributed by atoms with van der Waals surface area (Å²) < 4.78 is 30.6. The second-order valence-electron chi connectivity index (χ2n) is 9.59. The van der Waals surface area contributed by atoms with Gasteiger partial charge in [0.05, 0.1) is 0 Å². The standard InChI is InChI=1S/C25H34IN2O6/c1-6-16-12-28-8-7-24-22-19(9-15(2)10-20(22)31-4)27-25(24,34-26-14-33-24)21(28)11-17(16)18(13-30-3)23(29)32-5/h9-10,13,16-17,21,27H,6-8,11-12,14H2,1-5H3/q-1/b18-13+/t16-,17+,21+,24+,25+/m1/s1. The van der Waals surface area contributed by atoms with E-state index in [9.17, 15) is 4.79 Å². The van der Waals surface area contributed by atoms with Gasteiger partial charge in [0.25, 0.3) is 0 Å². The SMILES string of the molecule is CC[C@@H]1CN2CC[C@@]34OC[I-]O[C@@]3(Nc3cc(C)cc(OC)c34)[C@@H]2C[C@@H]1/C(=C\OC)C(=O)OC. The number of ether oxygens (including phenoxy) is 4. The summed E-state index contributed by atoms with van der Waals surface area (Å²) in [7, 11) is 4.73. The Morgan fingerprint density at radius 1 is 1.35 bits per heavy atom. The number of rotatable bonds is 5. The Balaban J connectivity index is 1.61. The number of esters is 1. The van der Waals surface area contributed by atoms with Gasteiger partial charge < -0.3 is 0 Å². The van der Waals surface area contributed by atoms with Crippen molar-refractivity contribution in [2.24, 2.45) is 11.8 Å². The minimum atomic E-state index is -0.717. The van der Waals surface area contributed by atoms with Crippen LogP contribution in [-0.4, -0.2) is 61.7 Å². The van der Waals surface area contributed by atoms with E-state index >= 15 is 0 Å². The molecule has 0 unspecified atom stereocenters. The Hall–Kier alpha value is -1.56. The first kappa shape index (κ1) is 24.1. The molecule has 3 saturated heterocycles. The predicted octanol–water partition coefficient (Wildman–Crippen LogP) is 0.153. The molecule has 0 amide bonds. The van der Waals surface area contributed by atoms with Crippen LogP contribution in [0.3, 0.4) is 0 Å². The van der Waals surface area contributed by atoms with Gasteiger partial charge in [-0.2, -0.15) is 0 Å². The third kappa shape index (κ3) is 3.37. The van der Waals surface area contributed by atoms with Gasteiger partial charge in [0.2, 0.25) is 0 Å². The van der Waals surface area contributed by atoms with Crippen LogP contribution in [0.4, 0.5) is 5.69 Å². The van der Waals surface area contributed by atoms with Crippen LogP contribution in [0.15, 0.2) is 24.0 Å². The monoisotopic (exact) mass is 585 g/mol. The molecular formula is C25H34IN2O6-. The fourth-order valence-electron chi connectivity index (χ4n) is 6.62. The van der Waals surface area contributed by atoms with Gasteiger partial charge in [-0.05, 0) is 0 Å². The van der Waals surface area contributed by atoms with Crippen molar-refractivity contribution in [3.05, 3.63) is 35.1 Å². The number of carbonyl (C=O) groups excluding carboxylic acids is 1. The molecule has 0 saturated carbocycles. The Morgan fingerprint density at radius 2 is 2.18 bits per heavy atom. The van der Waals surface area contributed by atoms with Crippen LogP contribution in [0, 0.1) is 18.8 Å². The molecular weight excluding hydrogens is 551 g/mol. The van der Waals surface area contributed by atoms with Crippen LogP contribution in [0.2, 0.25) is 0 Å². The Kier molecular flexibility index (Phi) is 6.50. The number of fused-ring (bicyclic) bond motifs is 2. The van der Waals surface area contributed by atoms with Crippen molar-refractivity contribution < 1.29 is 48.4 Å². The molecule has 9 heteroatoms. The third-order valence-corrected chi connectivity index (χ3v) is 9.65. The second-order valence-corrected chi connectivity index (χ2v) is 11.3. The molecule has 1 aromatic carbocycles. The fraction of sp³-hybridized carbons (Fsp3) is 0.640.